The van der Waals surface area contributed by atoms with E-state index in [-0.39, 0.29) is 5.91 Å². The van der Waals surface area contributed by atoms with E-state index in [1.54, 1.807) is 12.4 Å². The van der Waals surface area contributed by atoms with Gasteiger partial charge in [0.25, 0.3) is 5.91 Å². The summed E-state index contributed by atoms with van der Waals surface area (Å²) in [5, 5.41) is 3.82. The monoisotopic (exact) mass is 330 g/mol. The van der Waals surface area contributed by atoms with E-state index in [1.807, 2.05) is 29.2 Å². The molecule has 3 rings (SSSR count). The second-order valence-electron chi connectivity index (χ2n) is 5.59. The summed E-state index contributed by atoms with van der Waals surface area (Å²) < 4.78 is 0. The first-order valence-electron chi connectivity index (χ1n) is 7.82. The standard InChI is InChI=1S/C17H19ClN4O/c18-15-7-3-2-6-13(15)10-19-17-20-11-14(12-21-17)16(23)22-8-4-1-5-9-22/h2-3,6-7,11-12H,1,4-5,8-10H2,(H,19,20,21). The number of halogens is 1. The highest BCUT2D eigenvalue weighted by atomic mass is 35.5. The molecule has 120 valence electrons. The Morgan fingerprint density at radius 1 is 1.13 bits per heavy atom. The van der Waals surface area contributed by atoms with Gasteiger partial charge in [0.15, 0.2) is 0 Å². The molecule has 1 N–H and O–H groups in total. The van der Waals surface area contributed by atoms with E-state index in [0.29, 0.717) is 23.1 Å². The Balaban J connectivity index is 1.60. The molecule has 0 spiro atoms. The van der Waals surface area contributed by atoms with Crippen LogP contribution in [0.1, 0.15) is 35.2 Å². The Kier molecular flexibility index (Phi) is 5.08. The summed E-state index contributed by atoms with van der Waals surface area (Å²) in [7, 11) is 0. The van der Waals surface area contributed by atoms with Gasteiger partial charge in [-0.25, -0.2) is 9.97 Å². The molecule has 6 heteroatoms. The summed E-state index contributed by atoms with van der Waals surface area (Å²) in [5.74, 6) is 0.502. The minimum absolute atomic E-state index is 0.0161. The fourth-order valence-corrected chi connectivity index (χ4v) is 2.83. The molecule has 0 aliphatic carbocycles. The van der Waals surface area contributed by atoms with E-state index in [9.17, 15) is 4.79 Å². The number of nitrogens with zero attached hydrogens (tertiary/aromatic N) is 3. The third-order valence-electron chi connectivity index (χ3n) is 3.94. The summed E-state index contributed by atoms with van der Waals surface area (Å²) in [5.41, 5.74) is 1.52. The van der Waals surface area contributed by atoms with E-state index in [4.69, 9.17) is 11.6 Å². The van der Waals surface area contributed by atoms with Crippen LogP contribution in [0.4, 0.5) is 5.95 Å². The normalized spacial score (nSPS) is 14.6. The van der Waals surface area contributed by atoms with Gasteiger partial charge in [0.05, 0.1) is 5.56 Å². The summed E-state index contributed by atoms with van der Waals surface area (Å²) in [6.45, 7) is 2.19. The van der Waals surface area contributed by atoms with Crippen LogP contribution < -0.4 is 5.32 Å². The van der Waals surface area contributed by atoms with Crippen molar-refractivity contribution >= 4 is 23.5 Å². The largest absolute Gasteiger partial charge is 0.350 e. The molecular formula is C17H19ClN4O. The summed E-state index contributed by atoms with van der Waals surface area (Å²) in [6.07, 6.45) is 6.51. The predicted octanol–water partition coefficient (Wildman–Crippen LogP) is 3.37. The topological polar surface area (TPSA) is 58.1 Å². The maximum atomic E-state index is 12.3. The number of likely N-dealkylation sites (tertiary alicyclic amines) is 1. The molecule has 0 saturated carbocycles. The Hall–Kier alpha value is -2.14. The van der Waals surface area contributed by atoms with Crippen LogP contribution in [-0.4, -0.2) is 33.9 Å². The van der Waals surface area contributed by atoms with Crippen molar-refractivity contribution in [3.8, 4) is 0 Å². The molecule has 0 bridgehead atoms. The molecule has 5 nitrogen and oxygen atoms in total. The third kappa shape index (κ3) is 3.99. The molecule has 1 aromatic heterocycles. The zero-order valence-electron chi connectivity index (χ0n) is 12.8. The van der Waals surface area contributed by atoms with Crippen LogP contribution in [0.25, 0.3) is 0 Å². The number of benzene rings is 1. The van der Waals surface area contributed by atoms with Crippen molar-refractivity contribution in [2.24, 2.45) is 0 Å². The predicted molar refractivity (Wildman–Crippen MR) is 90.6 cm³/mol. The van der Waals surface area contributed by atoms with E-state index < -0.39 is 0 Å². The van der Waals surface area contributed by atoms with Crippen molar-refractivity contribution in [2.45, 2.75) is 25.8 Å². The molecule has 1 aliphatic rings. The first-order valence-corrected chi connectivity index (χ1v) is 8.20. The SMILES string of the molecule is O=C(c1cnc(NCc2ccccc2Cl)nc1)N1CCCCC1. The highest BCUT2D eigenvalue weighted by molar-refractivity contribution is 6.31. The minimum Gasteiger partial charge on any atom is -0.350 e. The Morgan fingerprint density at radius 3 is 2.52 bits per heavy atom. The molecule has 1 aliphatic heterocycles. The van der Waals surface area contributed by atoms with Gasteiger partial charge in [0.1, 0.15) is 0 Å². The van der Waals surface area contributed by atoms with Gasteiger partial charge in [-0.15, -0.1) is 0 Å². The lowest BCUT2D eigenvalue weighted by atomic mass is 10.1. The molecular weight excluding hydrogens is 312 g/mol. The number of rotatable bonds is 4. The van der Waals surface area contributed by atoms with Crippen LogP contribution in [0.5, 0.6) is 0 Å². The fourth-order valence-electron chi connectivity index (χ4n) is 2.63. The molecule has 23 heavy (non-hydrogen) atoms. The average Bonchev–Trinajstić information content (AvgIpc) is 2.62. The van der Waals surface area contributed by atoms with Crippen LogP contribution in [0.2, 0.25) is 5.02 Å². The lowest BCUT2D eigenvalue weighted by Crippen LogP contribution is -2.35. The minimum atomic E-state index is 0.0161. The maximum Gasteiger partial charge on any atom is 0.256 e. The number of anilines is 1. The van der Waals surface area contributed by atoms with Crippen molar-refractivity contribution in [3.05, 3.63) is 52.8 Å². The average molecular weight is 331 g/mol. The lowest BCUT2D eigenvalue weighted by molar-refractivity contribution is 0.0723. The van der Waals surface area contributed by atoms with Gasteiger partial charge in [-0.05, 0) is 30.9 Å². The van der Waals surface area contributed by atoms with E-state index in [0.717, 1.165) is 31.5 Å². The Bertz CT molecular complexity index is 669. The van der Waals surface area contributed by atoms with Crippen molar-refractivity contribution < 1.29 is 4.79 Å². The fraction of sp³-hybridized carbons (Fsp3) is 0.353. The quantitative estimate of drug-likeness (QED) is 0.933. The highest BCUT2D eigenvalue weighted by Crippen LogP contribution is 2.16. The van der Waals surface area contributed by atoms with Gasteiger partial charge in [0, 0.05) is 37.1 Å². The number of hydrogen-bond donors (Lipinski definition) is 1. The molecule has 2 aromatic rings. The molecule has 0 unspecified atom stereocenters. The third-order valence-corrected chi connectivity index (χ3v) is 4.31. The number of aromatic nitrogens is 2. The summed E-state index contributed by atoms with van der Waals surface area (Å²) in [6, 6.07) is 7.62. The zero-order chi connectivity index (χ0) is 16.1. The number of piperidine rings is 1. The number of carbonyl (C=O) groups is 1. The van der Waals surface area contributed by atoms with Crippen LogP contribution in [-0.2, 0) is 6.54 Å². The molecule has 0 atom stereocenters. The second-order valence-corrected chi connectivity index (χ2v) is 6.00. The van der Waals surface area contributed by atoms with E-state index in [2.05, 4.69) is 15.3 Å². The molecule has 1 aromatic carbocycles. The number of carbonyl (C=O) groups excluding carboxylic acids is 1. The van der Waals surface area contributed by atoms with Crippen molar-refractivity contribution in [3.63, 3.8) is 0 Å². The number of amides is 1. The Morgan fingerprint density at radius 2 is 1.83 bits per heavy atom. The number of hydrogen-bond acceptors (Lipinski definition) is 4. The summed E-state index contributed by atoms with van der Waals surface area (Å²) in [4.78, 5) is 22.7. The molecule has 2 heterocycles. The Labute approximate surface area is 140 Å². The van der Waals surface area contributed by atoms with Gasteiger partial charge in [0.2, 0.25) is 5.95 Å². The zero-order valence-corrected chi connectivity index (χ0v) is 13.6. The van der Waals surface area contributed by atoms with Gasteiger partial charge >= 0.3 is 0 Å². The molecule has 1 fully saturated rings. The van der Waals surface area contributed by atoms with Crippen LogP contribution in [0.15, 0.2) is 36.7 Å². The lowest BCUT2D eigenvalue weighted by Gasteiger charge is -2.26. The van der Waals surface area contributed by atoms with E-state index >= 15 is 0 Å². The van der Waals surface area contributed by atoms with Gasteiger partial charge in [-0.1, -0.05) is 29.8 Å². The smallest absolute Gasteiger partial charge is 0.256 e. The van der Waals surface area contributed by atoms with Crippen molar-refractivity contribution in [2.75, 3.05) is 18.4 Å². The van der Waals surface area contributed by atoms with Crippen LogP contribution in [0.3, 0.4) is 0 Å². The molecule has 1 saturated heterocycles. The van der Waals surface area contributed by atoms with Crippen molar-refractivity contribution in [1.29, 1.82) is 0 Å². The van der Waals surface area contributed by atoms with Gasteiger partial charge in [-0.2, -0.15) is 0 Å². The van der Waals surface area contributed by atoms with Crippen molar-refractivity contribution in [1.82, 2.24) is 14.9 Å². The van der Waals surface area contributed by atoms with Gasteiger partial charge in [-0.3, -0.25) is 4.79 Å². The summed E-state index contributed by atoms with van der Waals surface area (Å²) >= 11 is 6.11. The van der Waals surface area contributed by atoms with E-state index in [1.165, 1.54) is 6.42 Å². The van der Waals surface area contributed by atoms with Gasteiger partial charge < -0.3 is 10.2 Å². The van der Waals surface area contributed by atoms with Crippen LogP contribution >= 0.6 is 11.6 Å². The first kappa shape index (κ1) is 15.7. The molecule has 1 amide bonds. The number of nitrogens with one attached hydrogen (secondary N) is 1. The van der Waals surface area contributed by atoms with Crippen LogP contribution in [0, 0.1) is 0 Å². The first-order chi connectivity index (χ1) is 11.2. The highest BCUT2D eigenvalue weighted by Gasteiger charge is 2.18. The maximum absolute atomic E-state index is 12.3. The molecule has 0 radical (unpaired) electrons. The second kappa shape index (κ2) is 7.42.